The van der Waals surface area contributed by atoms with Crippen LogP contribution in [-0.2, 0) is 0 Å². The van der Waals surface area contributed by atoms with Crippen molar-refractivity contribution in [3.05, 3.63) is 139 Å². The van der Waals surface area contributed by atoms with Gasteiger partial charge < -0.3 is 10.2 Å². The third-order valence-electron chi connectivity index (χ3n) is 8.86. The van der Waals surface area contributed by atoms with Gasteiger partial charge in [0.25, 0.3) is 0 Å². The first-order chi connectivity index (χ1) is 25.0. The van der Waals surface area contributed by atoms with Gasteiger partial charge in [-0.3, -0.25) is 0 Å². The summed E-state index contributed by atoms with van der Waals surface area (Å²) in [7, 11) is 0. The Bertz CT molecular complexity index is 2500. The molecule has 0 atom stereocenters. The van der Waals surface area contributed by atoms with Gasteiger partial charge in [-0.1, -0.05) is 35.8 Å². The van der Waals surface area contributed by atoms with E-state index in [1.54, 1.807) is 12.1 Å². The fourth-order valence-electron chi connectivity index (χ4n) is 6.28. The number of thiophene rings is 2. The molecule has 2 aromatic heterocycles. The Balaban J connectivity index is 1.35. The normalized spacial score (nSPS) is 15.5. The number of aryl methyl sites for hydroxylation is 2. The molecule has 0 aliphatic heterocycles. The Morgan fingerprint density at radius 2 is 0.849 bits per heavy atom. The predicted molar refractivity (Wildman–Crippen MR) is 194 cm³/mol. The summed E-state index contributed by atoms with van der Waals surface area (Å²) in [4.78, 5) is 22.5. The number of carboxylic acid groups (broad SMARTS) is 2. The molecule has 0 spiro atoms. The molecule has 0 bridgehead atoms. The zero-order valence-corrected chi connectivity index (χ0v) is 29.0. The molecule has 0 unspecified atom stereocenters. The molecule has 1 aliphatic rings. The number of benzene rings is 4. The van der Waals surface area contributed by atoms with E-state index in [0.29, 0.717) is 31.7 Å². The van der Waals surface area contributed by atoms with E-state index in [2.05, 4.69) is 23.7 Å². The molecule has 7 rings (SSSR count). The maximum Gasteiger partial charge on any atom is 0.380 e. The van der Waals surface area contributed by atoms with Crippen LogP contribution in [0.3, 0.4) is 0 Å². The highest BCUT2D eigenvalue weighted by Gasteiger charge is 2.80. The second kappa shape index (κ2) is 12.7. The molecular formula is C41H22F6O4S2. The van der Waals surface area contributed by atoms with Crippen molar-refractivity contribution >= 4 is 65.9 Å². The number of halogens is 6. The molecular weight excluding hydrogens is 735 g/mol. The van der Waals surface area contributed by atoms with Crippen LogP contribution in [0.4, 0.5) is 26.3 Å². The SMILES string of the molecule is Cc1sc2cc(C#Cc3ccc(C(=O)O)cc3)ccc2c1C1=C(c2c(C)sc3cc(C#Cc4ccc(C(=O)O)cc4)ccc23)C(F)(F)C(F)(F)C1(F)F. The molecule has 264 valence electrons. The molecule has 1 aliphatic carbocycles. The number of rotatable bonds is 4. The first-order valence-corrected chi connectivity index (χ1v) is 17.3. The van der Waals surface area contributed by atoms with Crippen molar-refractivity contribution in [2.75, 3.05) is 0 Å². The van der Waals surface area contributed by atoms with Crippen molar-refractivity contribution in [2.45, 2.75) is 31.6 Å². The van der Waals surface area contributed by atoms with Crippen molar-refractivity contribution in [3.63, 3.8) is 0 Å². The number of carboxylic acids is 2. The van der Waals surface area contributed by atoms with Crippen LogP contribution < -0.4 is 0 Å². The van der Waals surface area contributed by atoms with Gasteiger partial charge in [0.2, 0.25) is 0 Å². The molecule has 2 heterocycles. The quantitative estimate of drug-likeness (QED) is 0.139. The lowest BCUT2D eigenvalue weighted by Crippen LogP contribution is -2.48. The zero-order valence-electron chi connectivity index (χ0n) is 27.4. The molecule has 12 heteroatoms. The van der Waals surface area contributed by atoms with Crippen LogP contribution in [-0.4, -0.2) is 39.9 Å². The second-order valence-corrected chi connectivity index (χ2v) is 14.7. The number of fused-ring (bicyclic) bond motifs is 2. The summed E-state index contributed by atoms with van der Waals surface area (Å²) in [5, 5.41) is 18.4. The molecule has 0 amide bonds. The summed E-state index contributed by atoms with van der Waals surface area (Å²) >= 11 is 1.98. The van der Waals surface area contributed by atoms with Crippen molar-refractivity contribution in [3.8, 4) is 23.7 Å². The summed E-state index contributed by atoms with van der Waals surface area (Å²) in [6.45, 7) is 2.84. The molecule has 2 N–H and O–H groups in total. The molecule has 4 nitrogen and oxygen atoms in total. The zero-order chi connectivity index (χ0) is 38.0. The lowest BCUT2D eigenvalue weighted by Gasteiger charge is -2.26. The van der Waals surface area contributed by atoms with E-state index >= 15 is 26.3 Å². The molecule has 53 heavy (non-hydrogen) atoms. The number of allylic oxidation sites excluding steroid dienone is 2. The van der Waals surface area contributed by atoms with E-state index in [-0.39, 0.29) is 42.8 Å². The second-order valence-electron chi connectivity index (χ2n) is 12.2. The molecule has 0 saturated carbocycles. The topological polar surface area (TPSA) is 74.6 Å². The minimum atomic E-state index is -5.74. The van der Waals surface area contributed by atoms with Gasteiger partial charge in [0.15, 0.2) is 0 Å². The highest BCUT2D eigenvalue weighted by atomic mass is 32.1. The fourth-order valence-corrected chi connectivity index (χ4v) is 8.50. The smallest absolute Gasteiger partial charge is 0.380 e. The molecule has 4 aromatic carbocycles. The third kappa shape index (κ3) is 5.85. The predicted octanol–water partition coefficient (Wildman–Crippen LogP) is 10.8. The number of aromatic carboxylic acids is 2. The molecule has 0 fully saturated rings. The Morgan fingerprint density at radius 1 is 0.528 bits per heavy atom. The van der Waals surface area contributed by atoms with E-state index in [4.69, 9.17) is 10.2 Å². The average Bonchev–Trinajstić information content (AvgIpc) is 3.64. The summed E-state index contributed by atoms with van der Waals surface area (Å²) < 4.78 is 95.5. The van der Waals surface area contributed by atoms with E-state index in [1.165, 1.54) is 86.6 Å². The number of hydrogen-bond acceptors (Lipinski definition) is 4. The first-order valence-electron chi connectivity index (χ1n) is 15.7. The van der Waals surface area contributed by atoms with E-state index in [1.807, 2.05) is 0 Å². The number of alkyl halides is 6. The van der Waals surface area contributed by atoms with Crippen molar-refractivity contribution in [1.82, 2.24) is 0 Å². The summed E-state index contributed by atoms with van der Waals surface area (Å²) in [5.74, 6) is -6.83. The van der Waals surface area contributed by atoms with Crippen molar-refractivity contribution < 1.29 is 46.1 Å². The van der Waals surface area contributed by atoms with Gasteiger partial charge >= 0.3 is 29.7 Å². The Kier molecular flexibility index (Phi) is 8.52. The van der Waals surface area contributed by atoms with Gasteiger partial charge in [-0.25, -0.2) is 9.59 Å². The minimum absolute atomic E-state index is 0.0795. The third-order valence-corrected chi connectivity index (χ3v) is 11.0. The average molecular weight is 757 g/mol. The summed E-state index contributed by atoms with van der Waals surface area (Å²) in [6.07, 6.45) is 0. The standard InChI is InChI=1S/C41H22F6O4S2/c1-21-33(29-17-11-25(19-31(29)52-21)5-3-23-7-13-27(14-8-23)37(48)49)35-36(40(44,45)41(46,47)39(35,42)43)34-22(2)53-32-20-26(12-18-30(32)34)6-4-24-9-15-28(16-10-24)38(50)51/h7-20H,1-2H3,(H,48,49)(H,50,51). The van der Waals surface area contributed by atoms with Crippen LogP contribution in [0.1, 0.15) is 63.9 Å². The van der Waals surface area contributed by atoms with Crippen LogP contribution in [0.2, 0.25) is 0 Å². The first kappa shape index (κ1) is 35.6. The summed E-state index contributed by atoms with van der Waals surface area (Å²) in [5.41, 5.74) is -1.58. The van der Waals surface area contributed by atoms with Gasteiger partial charge in [0, 0.05) is 74.5 Å². The fraction of sp³-hybridized carbons (Fsp3) is 0.122. The maximum absolute atomic E-state index is 16.0. The number of hydrogen-bond donors (Lipinski definition) is 2. The Hall–Kier alpha value is -5.82. The van der Waals surface area contributed by atoms with Crippen LogP contribution in [0, 0.1) is 37.5 Å². The highest BCUT2D eigenvalue weighted by Crippen LogP contribution is 2.67. The van der Waals surface area contributed by atoms with E-state index < -0.39 is 40.9 Å². The van der Waals surface area contributed by atoms with Crippen LogP contribution >= 0.6 is 22.7 Å². The van der Waals surface area contributed by atoms with Gasteiger partial charge in [-0.2, -0.15) is 26.3 Å². The lowest BCUT2D eigenvalue weighted by molar-refractivity contribution is -0.254. The van der Waals surface area contributed by atoms with Crippen LogP contribution in [0.15, 0.2) is 84.9 Å². The lowest BCUT2D eigenvalue weighted by atomic mass is 9.91. The minimum Gasteiger partial charge on any atom is -0.478 e. The van der Waals surface area contributed by atoms with Crippen LogP contribution in [0.25, 0.3) is 31.3 Å². The van der Waals surface area contributed by atoms with Crippen molar-refractivity contribution in [1.29, 1.82) is 0 Å². The van der Waals surface area contributed by atoms with Crippen molar-refractivity contribution in [2.24, 2.45) is 0 Å². The molecule has 0 saturated heterocycles. The van der Waals surface area contributed by atoms with Gasteiger partial charge in [0.1, 0.15) is 0 Å². The Labute approximate surface area is 305 Å². The van der Waals surface area contributed by atoms with E-state index in [9.17, 15) is 9.59 Å². The monoisotopic (exact) mass is 756 g/mol. The van der Waals surface area contributed by atoms with Crippen LogP contribution in [0.5, 0.6) is 0 Å². The Morgan fingerprint density at radius 3 is 1.19 bits per heavy atom. The van der Waals surface area contributed by atoms with Gasteiger partial charge in [-0.15, -0.1) is 22.7 Å². The largest absolute Gasteiger partial charge is 0.478 e. The van der Waals surface area contributed by atoms with Gasteiger partial charge in [-0.05, 0) is 86.6 Å². The number of carbonyl (C=O) groups is 2. The van der Waals surface area contributed by atoms with E-state index in [0.717, 1.165) is 22.7 Å². The molecule has 0 radical (unpaired) electrons. The maximum atomic E-state index is 16.0. The molecule has 6 aromatic rings. The summed E-state index contributed by atoms with van der Waals surface area (Å²) in [6, 6.07) is 20.5. The highest BCUT2D eigenvalue weighted by molar-refractivity contribution is 7.19. The van der Waals surface area contributed by atoms with Gasteiger partial charge in [0.05, 0.1) is 11.1 Å².